The molecule has 54 heavy (non-hydrogen) atoms. The molecule has 10 aromatic rings. The Kier molecular flexibility index (Phi) is 7.85. The maximum atomic E-state index is 6.71. The summed E-state index contributed by atoms with van der Waals surface area (Å²) in [7, 11) is 0. The molecule has 9 aromatic carbocycles. The van der Waals surface area contributed by atoms with Crippen LogP contribution in [-0.2, 0) is 0 Å². The Labute approximate surface area is 314 Å². The van der Waals surface area contributed by atoms with Gasteiger partial charge in [0.25, 0.3) is 0 Å². The van der Waals surface area contributed by atoms with Crippen LogP contribution in [0.15, 0.2) is 217 Å². The lowest BCUT2D eigenvalue weighted by Gasteiger charge is -2.27. The van der Waals surface area contributed by atoms with Gasteiger partial charge >= 0.3 is 0 Å². The van der Waals surface area contributed by atoms with Crippen molar-refractivity contribution in [2.75, 3.05) is 4.90 Å². The zero-order chi connectivity index (χ0) is 35.8. The van der Waals surface area contributed by atoms with Crippen LogP contribution >= 0.6 is 0 Å². The van der Waals surface area contributed by atoms with Crippen molar-refractivity contribution >= 4 is 49.8 Å². The van der Waals surface area contributed by atoms with Crippen molar-refractivity contribution in [1.29, 1.82) is 0 Å². The summed E-state index contributed by atoms with van der Waals surface area (Å²) >= 11 is 0. The summed E-state index contributed by atoms with van der Waals surface area (Å²) < 4.78 is 6.71. The summed E-state index contributed by atoms with van der Waals surface area (Å²) in [5.74, 6) is 0. The summed E-state index contributed by atoms with van der Waals surface area (Å²) in [6.07, 6.45) is 0. The van der Waals surface area contributed by atoms with E-state index in [0.29, 0.717) is 0 Å². The lowest BCUT2D eigenvalue weighted by Crippen LogP contribution is -2.10. The number of nitrogens with zero attached hydrogens (tertiary/aromatic N) is 1. The fourth-order valence-corrected chi connectivity index (χ4v) is 7.98. The number of furan rings is 1. The monoisotopic (exact) mass is 689 g/mol. The molecule has 0 atom stereocenters. The van der Waals surface area contributed by atoms with Crippen molar-refractivity contribution in [2.24, 2.45) is 0 Å². The van der Waals surface area contributed by atoms with Gasteiger partial charge in [0.15, 0.2) is 5.58 Å². The van der Waals surface area contributed by atoms with Crippen LogP contribution in [0.4, 0.5) is 17.1 Å². The third kappa shape index (κ3) is 5.53. The highest BCUT2D eigenvalue weighted by molar-refractivity contribution is 6.10. The van der Waals surface area contributed by atoms with Crippen molar-refractivity contribution in [3.05, 3.63) is 212 Å². The smallest absolute Gasteiger partial charge is 0.159 e. The minimum Gasteiger partial charge on any atom is -0.454 e. The van der Waals surface area contributed by atoms with E-state index >= 15 is 0 Å². The van der Waals surface area contributed by atoms with E-state index in [0.717, 1.165) is 50.1 Å². The molecule has 0 spiro atoms. The molecule has 0 unspecified atom stereocenters. The molecule has 2 nitrogen and oxygen atoms in total. The summed E-state index contributed by atoms with van der Waals surface area (Å²) in [4.78, 5) is 2.36. The molecule has 10 rings (SSSR count). The van der Waals surface area contributed by atoms with Crippen LogP contribution in [-0.4, -0.2) is 0 Å². The second-order valence-electron chi connectivity index (χ2n) is 13.7. The van der Waals surface area contributed by atoms with Crippen LogP contribution in [0.3, 0.4) is 0 Å². The van der Waals surface area contributed by atoms with Gasteiger partial charge in [0.05, 0.1) is 5.69 Å². The molecule has 0 aliphatic rings. The van der Waals surface area contributed by atoms with Gasteiger partial charge in [0.1, 0.15) is 5.58 Å². The van der Waals surface area contributed by atoms with Gasteiger partial charge in [-0.15, -0.1) is 0 Å². The minimum atomic E-state index is 0.855. The first-order valence-electron chi connectivity index (χ1n) is 18.4. The summed E-state index contributed by atoms with van der Waals surface area (Å²) in [5, 5.41) is 4.68. The van der Waals surface area contributed by atoms with Gasteiger partial charge in [-0.3, -0.25) is 0 Å². The molecule has 1 heterocycles. The van der Waals surface area contributed by atoms with E-state index in [1.54, 1.807) is 0 Å². The van der Waals surface area contributed by atoms with E-state index in [4.69, 9.17) is 4.42 Å². The van der Waals surface area contributed by atoms with E-state index in [9.17, 15) is 0 Å². The van der Waals surface area contributed by atoms with Crippen molar-refractivity contribution in [3.8, 4) is 44.5 Å². The second kappa shape index (κ2) is 13.4. The van der Waals surface area contributed by atoms with E-state index in [1.165, 1.54) is 44.2 Å². The number of anilines is 3. The Morgan fingerprint density at radius 1 is 0.315 bits per heavy atom. The van der Waals surface area contributed by atoms with Gasteiger partial charge in [-0.25, -0.2) is 0 Å². The molecule has 0 saturated carbocycles. The van der Waals surface area contributed by atoms with Crippen LogP contribution in [0.2, 0.25) is 0 Å². The molecule has 0 bridgehead atoms. The predicted octanol–water partition coefficient (Wildman–Crippen LogP) is 14.9. The molecule has 2 heteroatoms. The molecule has 1 aromatic heterocycles. The average molecular weight is 690 g/mol. The fraction of sp³-hybridized carbons (Fsp3) is 0. The first-order valence-corrected chi connectivity index (χ1v) is 18.4. The van der Waals surface area contributed by atoms with Gasteiger partial charge < -0.3 is 9.32 Å². The number of benzene rings is 9. The van der Waals surface area contributed by atoms with Crippen LogP contribution < -0.4 is 4.90 Å². The Morgan fingerprint density at radius 2 is 0.870 bits per heavy atom. The van der Waals surface area contributed by atoms with Crippen LogP contribution in [0.25, 0.3) is 77.2 Å². The molecule has 0 amide bonds. The standard InChI is InChI=1S/C52H35NO/c1-3-16-36(17-4-1)44-33-32-41(35-49(44)38-18-5-2-6-19-38)53(50-30-15-29-48-47-27-11-12-31-51(47)54-52(48)50)40-23-13-22-39(34-40)43-25-9-10-26-45(43)46-28-14-21-37-20-7-8-24-42(37)46/h1-35H. The van der Waals surface area contributed by atoms with E-state index in [1.807, 2.05) is 6.07 Å². The topological polar surface area (TPSA) is 16.4 Å². The Bertz CT molecular complexity index is 2940. The van der Waals surface area contributed by atoms with Crippen molar-refractivity contribution in [1.82, 2.24) is 0 Å². The normalized spacial score (nSPS) is 11.3. The van der Waals surface area contributed by atoms with Crippen LogP contribution in [0.1, 0.15) is 0 Å². The zero-order valence-electron chi connectivity index (χ0n) is 29.6. The molecular weight excluding hydrogens is 655 g/mol. The minimum absolute atomic E-state index is 0.855. The summed E-state index contributed by atoms with van der Waals surface area (Å²) in [6.45, 7) is 0. The van der Waals surface area contributed by atoms with Crippen molar-refractivity contribution < 1.29 is 4.42 Å². The predicted molar refractivity (Wildman–Crippen MR) is 228 cm³/mol. The molecule has 0 radical (unpaired) electrons. The highest BCUT2D eigenvalue weighted by Gasteiger charge is 2.22. The number of hydrogen-bond donors (Lipinski definition) is 0. The first-order chi connectivity index (χ1) is 26.8. The second-order valence-corrected chi connectivity index (χ2v) is 13.7. The lowest BCUT2D eigenvalue weighted by molar-refractivity contribution is 0.669. The molecule has 0 N–H and O–H groups in total. The largest absolute Gasteiger partial charge is 0.454 e. The number of hydrogen-bond acceptors (Lipinski definition) is 2. The van der Waals surface area contributed by atoms with E-state index in [-0.39, 0.29) is 0 Å². The average Bonchev–Trinajstić information content (AvgIpc) is 3.64. The quantitative estimate of drug-likeness (QED) is 0.166. The van der Waals surface area contributed by atoms with Gasteiger partial charge in [-0.2, -0.15) is 0 Å². The Morgan fingerprint density at radius 3 is 1.70 bits per heavy atom. The molecule has 0 aliphatic carbocycles. The Hall–Kier alpha value is -7.16. The Balaban J connectivity index is 1.21. The number of fused-ring (bicyclic) bond motifs is 4. The number of rotatable bonds is 7. The SMILES string of the molecule is c1ccc(-c2ccc(N(c3cccc(-c4ccccc4-c4cccc5ccccc45)c3)c3cccc4c3oc3ccccc34)cc2-c2ccccc2)cc1. The molecule has 0 aliphatic heterocycles. The van der Waals surface area contributed by atoms with Gasteiger partial charge in [-0.1, -0.05) is 176 Å². The van der Waals surface area contributed by atoms with Crippen LogP contribution in [0, 0.1) is 0 Å². The van der Waals surface area contributed by atoms with E-state index < -0.39 is 0 Å². The lowest BCUT2D eigenvalue weighted by atomic mass is 9.91. The molecular formula is C52H35NO. The number of para-hydroxylation sites is 2. The maximum Gasteiger partial charge on any atom is 0.159 e. The summed E-state index contributed by atoms with van der Waals surface area (Å²) in [6, 6.07) is 75.8. The highest BCUT2D eigenvalue weighted by Crippen LogP contribution is 2.46. The zero-order valence-corrected chi connectivity index (χ0v) is 29.6. The third-order valence-electron chi connectivity index (χ3n) is 10.5. The van der Waals surface area contributed by atoms with Gasteiger partial charge in [-0.05, 0) is 91.7 Å². The van der Waals surface area contributed by atoms with Crippen molar-refractivity contribution in [3.63, 3.8) is 0 Å². The third-order valence-corrected chi connectivity index (χ3v) is 10.5. The van der Waals surface area contributed by atoms with Crippen molar-refractivity contribution in [2.45, 2.75) is 0 Å². The highest BCUT2D eigenvalue weighted by atomic mass is 16.3. The fourth-order valence-electron chi connectivity index (χ4n) is 7.98. The molecule has 254 valence electrons. The van der Waals surface area contributed by atoms with E-state index in [2.05, 4.69) is 211 Å². The van der Waals surface area contributed by atoms with Gasteiger partial charge in [0.2, 0.25) is 0 Å². The first kappa shape index (κ1) is 31.6. The summed E-state index contributed by atoms with van der Waals surface area (Å²) in [5.41, 5.74) is 14.2. The molecule has 0 saturated heterocycles. The maximum absolute atomic E-state index is 6.71. The molecule has 0 fully saturated rings. The van der Waals surface area contributed by atoms with Crippen LogP contribution in [0.5, 0.6) is 0 Å². The van der Waals surface area contributed by atoms with Gasteiger partial charge in [0, 0.05) is 22.1 Å².